The van der Waals surface area contributed by atoms with Crippen molar-refractivity contribution in [2.24, 2.45) is 5.73 Å². The Morgan fingerprint density at radius 3 is 2.04 bits per heavy atom. The molecule has 0 radical (unpaired) electrons. The maximum atomic E-state index is 11.8. The third kappa shape index (κ3) is 4.19. The van der Waals surface area contributed by atoms with Crippen LogP contribution >= 0.6 is 0 Å². The minimum absolute atomic E-state index is 0.450. The molecule has 1 amide bonds. The molecule has 0 aromatic heterocycles. The molecule has 3 aromatic carbocycles. The van der Waals surface area contributed by atoms with Gasteiger partial charge in [-0.05, 0) is 54.1 Å². The lowest BCUT2D eigenvalue weighted by Gasteiger charge is -2.17. The first kappa shape index (κ1) is 17.1. The number of nitrogens with zero attached hydrogens (tertiary/aromatic N) is 1. The molecule has 5 nitrogen and oxygen atoms in total. The Kier molecular flexibility index (Phi) is 5.16. The maximum Gasteiger partial charge on any atom is 0.244 e. The van der Waals surface area contributed by atoms with Crippen LogP contribution in [-0.2, 0) is 4.79 Å². The Morgan fingerprint density at radius 2 is 1.50 bits per heavy atom. The van der Waals surface area contributed by atoms with Crippen molar-refractivity contribution in [1.82, 2.24) is 0 Å². The third-order valence-electron chi connectivity index (χ3n) is 3.80. The molecule has 5 heteroatoms. The number of anilines is 1. The number of carbonyl (C=O) groups excluding carboxylic acids is 1. The highest BCUT2D eigenvalue weighted by atomic mass is 16.5. The minimum atomic E-state index is -0.610. The van der Waals surface area contributed by atoms with Gasteiger partial charge in [-0.2, -0.15) is 5.26 Å². The Hall–Kier alpha value is -3.78. The van der Waals surface area contributed by atoms with Crippen molar-refractivity contribution >= 4 is 11.6 Å². The van der Waals surface area contributed by atoms with Gasteiger partial charge in [0.1, 0.15) is 17.5 Å². The minimum Gasteiger partial charge on any atom is -0.457 e. The van der Waals surface area contributed by atoms with Crippen LogP contribution in [0.5, 0.6) is 11.5 Å². The predicted molar refractivity (Wildman–Crippen MR) is 99.7 cm³/mol. The first-order valence-electron chi connectivity index (χ1n) is 8.04. The van der Waals surface area contributed by atoms with E-state index in [4.69, 9.17) is 15.7 Å². The lowest BCUT2D eigenvalue weighted by molar-refractivity contribution is -0.118. The van der Waals surface area contributed by atoms with E-state index in [1.165, 1.54) is 0 Å². The zero-order valence-corrected chi connectivity index (χ0v) is 13.9. The average molecular weight is 343 g/mol. The van der Waals surface area contributed by atoms with Crippen molar-refractivity contribution in [1.29, 1.82) is 5.26 Å². The highest BCUT2D eigenvalue weighted by Gasteiger charge is 2.17. The molecule has 0 fully saturated rings. The molecule has 0 heterocycles. The summed E-state index contributed by atoms with van der Waals surface area (Å²) < 4.78 is 5.74. The van der Waals surface area contributed by atoms with Gasteiger partial charge in [0.25, 0.3) is 0 Å². The van der Waals surface area contributed by atoms with E-state index in [1.54, 1.807) is 36.4 Å². The number of primary amides is 1. The summed E-state index contributed by atoms with van der Waals surface area (Å²) in [5.41, 5.74) is 7.66. The summed E-state index contributed by atoms with van der Waals surface area (Å²) in [6.45, 7) is 0. The monoisotopic (exact) mass is 343 g/mol. The van der Waals surface area contributed by atoms with Gasteiger partial charge in [0, 0.05) is 5.69 Å². The summed E-state index contributed by atoms with van der Waals surface area (Å²) in [6.07, 6.45) is 0. The molecule has 1 atom stereocenters. The third-order valence-corrected chi connectivity index (χ3v) is 3.80. The molecule has 0 saturated heterocycles. The number of carbonyl (C=O) groups is 1. The zero-order chi connectivity index (χ0) is 18.4. The summed E-state index contributed by atoms with van der Waals surface area (Å²) in [6, 6.07) is 24.9. The van der Waals surface area contributed by atoms with E-state index in [1.807, 2.05) is 42.5 Å². The van der Waals surface area contributed by atoms with Crippen molar-refractivity contribution < 1.29 is 9.53 Å². The second-order valence-corrected chi connectivity index (χ2v) is 5.65. The van der Waals surface area contributed by atoms with E-state index < -0.39 is 11.9 Å². The lowest BCUT2D eigenvalue weighted by atomic mass is 10.1. The predicted octanol–water partition coefficient (Wildman–Crippen LogP) is 3.99. The van der Waals surface area contributed by atoms with Gasteiger partial charge in [-0.3, -0.25) is 4.79 Å². The molecule has 3 N–H and O–H groups in total. The van der Waals surface area contributed by atoms with Gasteiger partial charge >= 0.3 is 0 Å². The number of nitriles is 1. The zero-order valence-electron chi connectivity index (χ0n) is 13.9. The first-order valence-corrected chi connectivity index (χ1v) is 8.04. The Labute approximate surface area is 151 Å². The van der Waals surface area contributed by atoms with Gasteiger partial charge in [-0.15, -0.1) is 0 Å². The highest BCUT2D eigenvalue weighted by molar-refractivity contribution is 5.84. The van der Waals surface area contributed by atoms with Crippen LogP contribution in [0.2, 0.25) is 0 Å². The molecule has 26 heavy (non-hydrogen) atoms. The summed E-state index contributed by atoms with van der Waals surface area (Å²) >= 11 is 0. The molecule has 0 aliphatic carbocycles. The van der Waals surface area contributed by atoms with Crippen molar-refractivity contribution in [3.63, 3.8) is 0 Å². The van der Waals surface area contributed by atoms with Crippen LogP contribution < -0.4 is 15.8 Å². The van der Waals surface area contributed by atoms with Crippen LogP contribution in [0.25, 0.3) is 0 Å². The fraction of sp³-hybridized carbons (Fsp3) is 0.0476. The van der Waals surface area contributed by atoms with Crippen molar-refractivity contribution in [3.05, 3.63) is 90.0 Å². The topological polar surface area (TPSA) is 88.1 Å². The summed E-state index contributed by atoms with van der Waals surface area (Å²) in [7, 11) is 0. The van der Waals surface area contributed by atoms with E-state index in [0.717, 1.165) is 11.3 Å². The molecule has 3 rings (SSSR count). The fourth-order valence-electron chi connectivity index (χ4n) is 2.48. The normalized spacial score (nSPS) is 11.2. The number of nitrogens with two attached hydrogens (primary N) is 1. The Balaban J connectivity index is 1.70. The molecule has 0 spiro atoms. The first-order chi connectivity index (χ1) is 12.7. The van der Waals surface area contributed by atoms with Crippen LogP contribution in [0.1, 0.15) is 17.2 Å². The van der Waals surface area contributed by atoms with Crippen LogP contribution in [-0.4, -0.2) is 5.91 Å². The second-order valence-electron chi connectivity index (χ2n) is 5.65. The lowest BCUT2D eigenvalue weighted by Crippen LogP contribution is -2.27. The second kappa shape index (κ2) is 7.86. The number of hydrogen-bond donors (Lipinski definition) is 2. The molecule has 0 bridgehead atoms. The van der Waals surface area contributed by atoms with E-state index in [9.17, 15) is 4.79 Å². The molecular weight excluding hydrogens is 326 g/mol. The fourth-order valence-corrected chi connectivity index (χ4v) is 2.48. The highest BCUT2D eigenvalue weighted by Crippen LogP contribution is 2.25. The van der Waals surface area contributed by atoms with E-state index in [-0.39, 0.29) is 0 Å². The van der Waals surface area contributed by atoms with E-state index in [2.05, 4.69) is 11.4 Å². The molecule has 128 valence electrons. The van der Waals surface area contributed by atoms with E-state index in [0.29, 0.717) is 17.1 Å². The molecule has 0 saturated carbocycles. The molecule has 3 aromatic rings. The van der Waals surface area contributed by atoms with Gasteiger partial charge < -0.3 is 15.8 Å². The molecule has 1 unspecified atom stereocenters. The summed E-state index contributed by atoms with van der Waals surface area (Å²) in [5, 5.41) is 11.9. The molecule has 0 aliphatic heterocycles. The number of amides is 1. The van der Waals surface area contributed by atoms with Gasteiger partial charge in [0.2, 0.25) is 5.91 Å². The molecular formula is C21H17N3O2. The number of ether oxygens (including phenoxy) is 1. The average Bonchev–Trinajstić information content (AvgIpc) is 2.68. The largest absolute Gasteiger partial charge is 0.457 e. The van der Waals surface area contributed by atoms with Gasteiger partial charge in [-0.25, -0.2) is 0 Å². The van der Waals surface area contributed by atoms with Crippen molar-refractivity contribution in [2.45, 2.75) is 6.04 Å². The number of rotatable bonds is 6. The van der Waals surface area contributed by atoms with Crippen LogP contribution in [0.4, 0.5) is 5.69 Å². The quantitative estimate of drug-likeness (QED) is 0.708. The number of benzene rings is 3. The number of hydrogen-bond acceptors (Lipinski definition) is 4. The van der Waals surface area contributed by atoms with Crippen molar-refractivity contribution in [3.8, 4) is 17.6 Å². The van der Waals surface area contributed by atoms with Crippen molar-refractivity contribution in [2.75, 3.05) is 5.32 Å². The van der Waals surface area contributed by atoms with Crippen LogP contribution in [0.3, 0.4) is 0 Å². The van der Waals surface area contributed by atoms with Gasteiger partial charge in [-0.1, -0.05) is 30.3 Å². The Morgan fingerprint density at radius 1 is 0.923 bits per heavy atom. The smallest absolute Gasteiger partial charge is 0.244 e. The van der Waals surface area contributed by atoms with Crippen LogP contribution in [0.15, 0.2) is 78.9 Å². The maximum absolute atomic E-state index is 11.8. The standard InChI is InChI=1S/C21H17N3O2/c22-14-15-6-10-18(11-7-15)26-19-12-8-17(9-13-19)24-20(21(23)25)16-4-2-1-3-5-16/h1-13,20,24H,(H2,23,25). The summed E-state index contributed by atoms with van der Waals surface area (Å²) in [5.74, 6) is 0.841. The van der Waals surface area contributed by atoms with Gasteiger partial charge in [0.15, 0.2) is 0 Å². The molecule has 0 aliphatic rings. The van der Waals surface area contributed by atoms with E-state index >= 15 is 0 Å². The SMILES string of the molecule is N#Cc1ccc(Oc2ccc(NC(C(N)=O)c3ccccc3)cc2)cc1. The number of nitrogens with one attached hydrogen (secondary N) is 1. The van der Waals surface area contributed by atoms with Gasteiger partial charge in [0.05, 0.1) is 11.6 Å². The van der Waals surface area contributed by atoms with Crippen LogP contribution in [0, 0.1) is 11.3 Å². The summed E-state index contributed by atoms with van der Waals surface area (Å²) in [4.78, 5) is 11.8. The Bertz CT molecular complexity index is 914.